The molecule has 2 heterocycles. The Morgan fingerprint density at radius 1 is 1.16 bits per heavy atom. The SMILES string of the molecule is COCC(=O)N[C@@H]1CC[C@H](NC(=O)c2c(C)[nH]c3c(-c4cc(F)ccc4OCC4CC4)ncnc23)C[C@H]1F. The Kier molecular flexibility index (Phi) is 7.55. The molecule has 3 N–H and O–H groups in total. The summed E-state index contributed by atoms with van der Waals surface area (Å²) in [7, 11) is 1.40. The molecule has 38 heavy (non-hydrogen) atoms. The molecule has 11 heteroatoms. The molecule has 2 fully saturated rings. The van der Waals surface area contributed by atoms with Crippen molar-refractivity contribution >= 4 is 22.8 Å². The number of aryl methyl sites for hydroxylation is 1. The maximum atomic E-state index is 14.8. The van der Waals surface area contributed by atoms with Crippen molar-refractivity contribution in [2.75, 3.05) is 20.3 Å². The van der Waals surface area contributed by atoms with E-state index in [4.69, 9.17) is 9.47 Å². The minimum atomic E-state index is -1.30. The number of nitrogens with one attached hydrogen (secondary N) is 3. The molecule has 2 aliphatic carbocycles. The van der Waals surface area contributed by atoms with E-state index in [9.17, 15) is 18.4 Å². The van der Waals surface area contributed by atoms with Gasteiger partial charge in [-0.05, 0) is 56.7 Å². The third-order valence-electron chi connectivity index (χ3n) is 7.10. The summed E-state index contributed by atoms with van der Waals surface area (Å²) in [5.41, 5.74) is 2.67. The Morgan fingerprint density at radius 2 is 1.97 bits per heavy atom. The Morgan fingerprint density at radius 3 is 2.71 bits per heavy atom. The van der Waals surface area contributed by atoms with Gasteiger partial charge in [-0.25, -0.2) is 18.7 Å². The third kappa shape index (κ3) is 5.62. The van der Waals surface area contributed by atoms with Crippen LogP contribution in [0.2, 0.25) is 0 Å². The summed E-state index contributed by atoms with van der Waals surface area (Å²) in [6.07, 6.45) is 3.26. The quantitative estimate of drug-likeness (QED) is 0.391. The van der Waals surface area contributed by atoms with Crippen molar-refractivity contribution in [1.29, 1.82) is 0 Å². The highest BCUT2D eigenvalue weighted by atomic mass is 19.1. The number of hydrogen-bond donors (Lipinski definition) is 3. The number of rotatable bonds is 9. The van der Waals surface area contributed by atoms with Crippen LogP contribution in [-0.2, 0) is 9.53 Å². The molecular weight excluding hydrogens is 496 g/mol. The van der Waals surface area contributed by atoms with E-state index in [0.29, 0.717) is 64.7 Å². The van der Waals surface area contributed by atoms with Crippen LogP contribution in [0.15, 0.2) is 24.5 Å². The predicted molar refractivity (Wildman–Crippen MR) is 136 cm³/mol. The lowest BCUT2D eigenvalue weighted by atomic mass is 9.89. The largest absolute Gasteiger partial charge is 0.493 e. The molecule has 0 spiro atoms. The first-order chi connectivity index (χ1) is 18.3. The number of benzene rings is 1. The molecule has 0 bridgehead atoms. The molecule has 2 amide bonds. The zero-order valence-corrected chi connectivity index (χ0v) is 21.4. The summed E-state index contributed by atoms with van der Waals surface area (Å²) >= 11 is 0. The van der Waals surface area contributed by atoms with E-state index < -0.39 is 24.1 Å². The molecule has 2 saturated carbocycles. The van der Waals surface area contributed by atoms with Gasteiger partial charge in [0.15, 0.2) is 0 Å². The Balaban J connectivity index is 1.35. The Hall–Kier alpha value is -3.60. The molecule has 0 aliphatic heterocycles. The third-order valence-corrected chi connectivity index (χ3v) is 7.10. The number of halogens is 2. The number of hydrogen-bond acceptors (Lipinski definition) is 6. The first-order valence-corrected chi connectivity index (χ1v) is 12.8. The Bertz CT molecular complexity index is 1340. The molecular formula is C27H31F2N5O4. The molecule has 0 saturated heterocycles. The maximum absolute atomic E-state index is 14.8. The molecule has 1 aromatic carbocycles. The average Bonchev–Trinajstić information content (AvgIpc) is 3.64. The van der Waals surface area contributed by atoms with Crippen molar-refractivity contribution in [1.82, 2.24) is 25.6 Å². The smallest absolute Gasteiger partial charge is 0.255 e. The number of carbonyl (C=O) groups excluding carboxylic acids is 2. The van der Waals surface area contributed by atoms with E-state index in [1.165, 1.54) is 25.6 Å². The average molecular weight is 528 g/mol. The Labute approximate surface area is 218 Å². The maximum Gasteiger partial charge on any atom is 0.255 e. The summed E-state index contributed by atoms with van der Waals surface area (Å²) in [5.74, 6) is -0.155. The number of amides is 2. The summed E-state index contributed by atoms with van der Waals surface area (Å²) in [6.45, 7) is 2.17. The highest BCUT2D eigenvalue weighted by Gasteiger charge is 2.33. The monoisotopic (exact) mass is 527 g/mol. The van der Waals surface area contributed by atoms with Crippen LogP contribution in [0.3, 0.4) is 0 Å². The van der Waals surface area contributed by atoms with Crippen molar-refractivity contribution in [2.45, 2.75) is 57.3 Å². The van der Waals surface area contributed by atoms with Gasteiger partial charge < -0.3 is 25.1 Å². The number of aromatic nitrogens is 3. The lowest BCUT2D eigenvalue weighted by molar-refractivity contribution is -0.126. The molecule has 0 unspecified atom stereocenters. The van der Waals surface area contributed by atoms with Gasteiger partial charge in [0.1, 0.15) is 41.9 Å². The van der Waals surface area contributed by atoms with E-state index in [1.807, 2.05) is 0 Å². The molecule has 202 valence electrons. The van der Waals surface area contributed by atoms with E-state index in [2.05, 4.69) is 25.6 Å². The van der Waals surface area contributed by atoms with Crippen LogP contribution in [0, 0.1) is 18.7 Å². The summed E-state index contributed by atoms with van der Waals surface area (Å²) < 4.78 is 39.8. The number of nitrogens with zero attached hydrogens (tertiary/aromatic N) is 2. The standard InChI is InChI=1S/C27H31F2N5O4/c1-14-23(27(36)33-17-6-7-20(19(29)10-17)34-22(35)12-37-2)25-26(32-14)24(30-13-31-25)18-9-16(28)5-8-21(18)38-11-15-3-4-15/h5,8-9,13,15,17,19-20,32H,3-4,6-7,10-12H2,1-2H3,(H,33,36)(H,34,35)/t17-,19+,20+/m0/s1. The second-order valence-corrected chi connectivity index (χ2v) is 10.1. The number of alkyl halides is 1. The lowest BCUT2D eigenvalue weighted by Crippen LogP contribution is -2.50. The fourth-order valence-corrected chi connectivity index (χ4v) is 4.95. The molecule has 5 rings (SSSR count). The van der Waals surface area contributed by atoms with Gasteiger partial charge >= 0.3 is 0 Å². The number of H-pyrrole nitrogens is 1. The highest BCUT2D eigenvalue weighted by molar-refractivity contribution is 6.09. The molecule has 3 aromatic rings. The topological polar surface area (TPSA) is 118 Å². The summed E-state index contributed by atoms with van der Waals surface area (Å²) in [6, 6.07) is 3.29. The highest BCUT2D eigenvalue weighted by Crippen LogP contribution is 2.37. The van der Waals surface area contributed by atoms with Crippen LogP contribution in [0.25, 0.3) is 22.3 Å². The van der Waals surface area contributed by atoms with Crippen LogP contribution in [0.5, 0.6) is 5.75 Å². The minimum absolute atomic E-state index is 0.0797. The van der Waals surface area contributed by atoms with Crippen LogP contribution in [-0.4, -0.2) is 65.3 Å². The van der Waals surface area contributed by atoms with E-state index in [1.54, 1.807) is 13.0 Å². The molecule has 3 atom stereocenters. The number of carbonyl (C=O) groups is 2. The minimum Gasteiger partial charge on any atom is -0.493 e. The predicted octanol–water partition coefficient (Wildman–Crippen LogP) is 3.61. The van der Waals surface area contributed by atoms with Crippen LogP contribution >= 0.6 is 0 Å². The number of methoxy groups -OCH3 is 1. The van der Waals surface area contributed by atoms with Crippen molar-refractivity contribution < 1.29 is 27.8 Å². The van der Waals surface area contributed by atoms with Gasteiger partial charge in [0.25, 0.3) is 5.91 Å². The van der Waals surface area contributed by atoms with Gasteiger partial charge in [-0.1, -0.05) is 0 Å². The fraction of sp³-hybridized carbons (Fsp3) is 0.481. The lowest BCUT2D eigenvalue weighted by Gasteiger charge is -2.32. The number of aromatic amines is 1. The van der Waals surface area contributed by atoms with Crippen molar-refractivity contribution in [3.05, 3.63) is 41.6 Å². The van der Waals surface area contributed by atoms with E-state index in [0.717, 1.165) is 12.8 Å². The number of fused-ring (bicyclic) bond motifs is 1. The van der Waals surface area contributed by atoms with Gasteiger partial charge in [-0.15, -0.1) is 0 Å². The molecule has 0 radical (unpaired) electrons. The van der Waals surface area contributed by atoms with Crippen LogP contribution < -0.4 is 15.4 Å². The molecule has 2 aliphatic rings. The van der Waals surface area contributed by atoms with Crippen molar-refractivity contribution in [3.63, 3.8) is 0 Å². The van der Waals surface area contributed by atoms with Gasteiger partial charge in [0, 0.05) is 30.8 Å². The normalized spacial score (nSPS) is 21.3. The molecule has 2 aromatic heterocycles. The van der Waals surface area contributed by atoms with Crippen molar-refractivity contribution in [2.24, 2.45) is 5.92 Å². The molecule has 9 nitrogen and oxygen atoms in total. The van der Waals surface area contributed by atoms with E-state index >= 15 is 0 Å². The first-order valence-electron chi connectivity index (χ1n) is 12.8. The first kappa shape index (κ1) is 26.0. The van der Waals surface area contributed by atoms with Gasteiger partial charge in [0.2, 0.25) is 5.91 Å². The van der Waals surface area contributed by atoms with E-state index in [-0.39, 0.29) is 24.8 Å². The zero-order valence-electron chi connectivity index (χ0n) is 21.4. The summed E-state index contributed by atoms with van der Waals surface area (Å²) in [5, 5.41) is 5.56. The summed E-state index contributed by atoms with van der Waals surface area (Å²) in [4.78, 5) is 37.0. The van der Waals surface area contributed by atoms with Crippen LogP contribution in [0.1, 0.15) is 48.2 Å². The second-order valence-electron chi connectivity index (χ2n) is 10.1. The zero-order chi connectivity index (χ0) is 26.8. The van der Waals surface area contributed by atoms with Gasteiger partial charge in [0.05, 0.1) is 23.7 Å². The van der Waals surface area contributed by atoms with Crippen LogP contribution in [0.4, 0.5) is 8.78 Å². The fourth-order valence-electron chi connectivity index (χ4n) is 4.95. The van der Waals surface area contributed by atoms with Gasteiger partial charge in [-0.2, -0.15) is 0 Å². The van der Waals surface area contributed by atoms with Crippen molar-refractivity contribution in [3.8, 4) is 17.0 Å². The second kappa shape index (κ2) is 11.0. The van der Waals surface area contributed by atoms with Gasteiger partial charge in [-0.3, -0.25) is 9.59 Å². The number of ether oxygens (including phenoxy) is 2.